The standard InChI is InChI=1S/C18H18Cl2N2O5S/c1-2-22(28(24,25)17-8-13(19)4-5-14(17)20)10-18(23)21-9-12-3-6-15-16(7-12)27-11-26-15/h3-8H,2,9-11H2,1H3,(H,21,23). The molecule has 1 aliphatic rings. The number of likely N-dealkylation sites (N-methyl/N-ethyl adjacent to an activating group) is 1. The Morgan fingerprint density at radius 1 is 1.14 bits per heavy atom. The van der Waals surface area contributed by atoms with Crippen molar-refractivity contribution in [3.8, 4) is 11.5 Å². The number of ether oxygens (including phenoxy) is 2. The summed E-state index contributed by atoms with van der Waals surface area (Å²) < 4.78 is 37.3. The molecule has 3 rings (SSSR count). The minimum Gasteiger partial charge on any atom is -0.454 e. The van der Waals surface area contributed by atoms with Crippen molar-refractivity contribution in [2.24, 2.45) is 0 Å². The van der Waals surface area contributed by atoms with Crippen molar-refractivity contribution >= 4 is 39.1 Å². The lowest BCUT2D eigenvalue weighted by Crippen LogP contribution is -2.40. The maximum atomic E-state index is 12.8. The van der Waals surface area contributed by atoms with Gasteiger partial charge in [0.25, 0.3) is 0 Å². The average Bonchev–Trinajstić information content (AvgIpc) is 3.13. The van der Waals surface area contributed by atoms with Crippen molar-refractivity contribution in [2.45, 2.75) is 18.4 Å². The van der Waals surface area contributed by atoms with E-state index in [-0.39, 0.29) is 41.4 Å². The molecule has 0 radical (unpaired) electrons. The number of fused-ring (bicyclic) bond motifs is 1. The Labute approximate surface area is 173 Å². The first-order chi connectivity index (χ1) is 13.3. The zero-order chi connectivity index (χ0) is 20.3. The quantitative estimate of drug-likeness (QED) is 0.708. The first-order valence-corrected chi connectivity index (χ1v) is 10.6. The van der Waals surface area contributed by atoms with Crippen molar-refractivity contribution in [2.75, 3.05) is 19.9 Å². The average molecular weight is 445 g/mol. The maximum absolute atomic E-state index is 12.8. The van der Waals surface area contributed by atoms with Crippen LogP contribution in [0.25, 0.3) is 0 Å². The molecule has 0 fully saturated rings. The van der Waals surface area contributed by atoms with Crippen LogP contribution in [0.5, 0.6) is 11.5 Å². The summed E-state index contributed by atoms with van der Waals surface area (Å²) in [6.07, 6.45) is 0. The third kappa shape index (κ3) is 4.52. The Kier molecular flexibility index (Phi) is 6.34. The molecule has 0 saturated heterocycles. The van der Waals surface area contributed by atoms with Gasteiger partial charge in [-0.05, 0) is 35.9 Å². The molecule has 0 spiro atoms. The lowest BCUT2D eigenvalue weighted by molar-refractivity contribution is -0.121. The second kappa shape index (κ2) is 8.57. The van der Waals surface area contributed by atoms with E-state index in [0.29, 0.717) is 11.5 Å². The van der Waals surface area contributed by atoms with Gasteiger partial charge in [-0.2, -0.15) is 4.31 Å². The minimum absolute atomic E-state index is 0.0450. The zero-order valence-corrected chi connectivity index (χ0v) is 17.3. The first kappa shape index (κ1) is 20.7. The predicted octanol–water partition coefficient (Wildman–Crippen LogP) is 3.05. The fraction of sp³-hybridized carbons (Fsp3) is 0.278. The lowest BCUT2D eigenvalue weighted by atomic mass is 10.2. The molecule has 28 heavy (non-hydrogen) atoms. The summed E-state index contributed by atoms with van der Waals surface area (Å²) in [4.78, 5) is 12.2. The van der Waals surface area contributed by atoms with Crippen LogP contribution >= 0.6 is 23.2 Å². The molecule has 0 unspecified atom stereocenters. The summed E-state index contributed by atoms with van der Waals surface area (Å²) in [6, 6.07) is 9.50. The van der Waals surface area contributed by atoms with Crippen LogP contribution in [-0.2, 0) is 21.4 Å². The van der Waals surface area contributed by atoms with Gasteiger partial charge in [0.2, 0.25) is 22.7 Å². The highest BCUT2D eigenvalue weighted by molar-refractivity contribution is 7.89. The Hall–Kier alpha value is -2.00. The number of sulfonamides is 1. The minimum atomic E-state index is -3.97. The van der Waals surface area contributed by atoms with Gasteiger partial charge in [-0.25, -0.2) is 8.42 Å². The topological polar surface area (TPSA) is 84.9 Å². The molecule has 0 aliphatic carbocycles. The molecule has 150 valence electrons. The van der Waals surface area contributed by atoms with Gasteiger partial charge in [-0.15, -0.1) is 0 Å². The number of hydrogen-bond donors (Lipinski definition) is 1. The van der Waals surface area contributed by atoms with Crippen LogP contribution in [0, 0.1) is 0 Å². The summed E-state index contributed by atoms with van der Waals surface area (Å²) in [5.41, 5.74) is 0.807. The van der Waals surface area contributed by atoms with Crippen molar-refractivity contribution in [3.05, 3.63) is 52.0 Å². The molecule has 0 bridgehead atoms. The van der Waals surface area contributed by atoms with Crippen LogP contribution < -0.4 is 14.8 Å². The first-order valence-electron chi connectivity index (χ1n) is 8.41. The van der Waals surface area contributed by atoms with Crippen molar-refractivity contribution in [3.63, 3.8) is 0 Å². The largest absolute Gasteiger partial charge is 0.454 e. The molecule has 10 heteroatoms. The van der Waals surface area contributed by atoms with Gasteiger partial charge in [0.15, 0.2) is 11.5 Å². The van der Waals surface area contributed by atoms with Crippen molar-refractivity contribution < 1.29 is 22.7 Å². The Morgan fingerprint density at radius 3 is 2.64 bits per heavy atom. The number of nitrogens with one attached hydrogen (secondary N) is 1. The molecule has 1 amide bonds. The highest BCUT2D eigenvalue weighted by atomic mass is 35.5. The van der Waals surface area contributed by atoms with E-state index < -0.39 is 15.9 Å². The number of carbonyl (C=O) groups excluding carboxylic acids is 1. The molecule has 2 aromatic carbocycles. The van der Waals surface area contributed by atoms with Crippen LogP contribution in [0.15, 0.2) is 41.3 Å². The van der Waals surface area contributed by atoms with Crippen LogP contribution in [0.4, 0.5) is 0 Å². The van der Waals surface area contributed by atoms with Gasteiger partial charge < -0.3 is 14.8 Å². The molecule has 0 saturated carbocycles. The maximum Gasteiger partial charge on any atom is 0.245 e. The number of rotatable bonds is 7. The Morgan fingerprint density at radius 2 is 1.89 bits per heavy atom. The highest BCUT2D eigenvalue weighted by Gasteiger charge is 2.27. The lowest BCUT2D eigenvalue weighted by Gasteiger charge is -2.21. The summed E-state index contributed by atoms with van der Waals surface area (Å²) in [5.74, 6) is 0.818. The van der Waals surface area contributed by atoms with Gasteiger partial charge in [-0.1, -0.05) is 36.2 Å². The summed E-state index contributed by atoms with van der Waals surface area (Å²) in [7, 11) is -3.97. The van der Waals surface area contributed by atoms with Gasteiger partial charge in [0.05, 0.1) is 11.6 Å². The number of benzene rings is 2. The highest BCUT2D eigenvalue weighted by Crippen LogP contribution is 2.32. The van der Waals surface area contributed by atoms with Gasteiger partial charge >= 0.3 is 0 Å². The molecule has 1 N–H and O–H groups in total. The normalized spacial score (nSPS) is 13.0. The molecule has 1 aliphatic heterocycles. The van der Waals surface area contributed by atoms with Crippen molar-refractivity contribution in [1.29, 1.82) is 0 Å². The SMILES string of the molecule is CCN(CC(=O)NCc1ccc2c(c1)OCO2)S(=O)(=O)c1cc(Cl)ccc1Cl. The van der Waals surface area contributed by atoms with E-state index in [1.165, 1.54) is 18.2 Å². The van der Waals surface area contributed by atoms with E-state index in [1.54, 1.807) is 25.1 Å². The fourth-order valence-corrected chi connectivity index (χ4v) is 4.79. The van der Waals surface area contributed by atoms with Gasteiger partial charge in [0, 0.05) is 18.1 Å². The van der Waals surface area contributed by atoms with Gasteiger partial charge in [-0.3, -0.25) is 4.79 Å². The monoisotopic (exact) mass is 444 g/mol. The number of amides is 1. The number of carbonyl (C=O) groups is 1. The predicted molar refractivity (Wildman–Crippen MR) is 105 cm³/mol. The number of halogens is 2. The third-order valence-corrected chi connectivity index (χ3v) is 6.75. The van der Waals surface area contributed by atoms with Crippen LogP contribution in [0.1, 0.15) is 12.5 Å². The smallest absolute Gasteiger partial charge is 0.245 e. The van der Waals surface area contributed by atoms with Gasteiger partial charge in [0.1, 0.15) is 4.90 Å². The fourth-order valence-electron chi connectivity index (χ4n) is 2.65. The van der Waals surface area contributed by atoms with Crippen molar-refractivity contribution in [1.82, 2.24) is 9.62 Å². The van der Waals surface area contributed by atoms with E-state index in [4.69, 9.17) is 32.7 Å². The molecule has 0 aromatic heterocycles. The molecular formula is C18H18Cl2N2O5S. The Balaban J connectivity index is 1.66. The van der Waals surface area contributed by atoms with E-state index in [0.717, 1.165) is 9.87 Å². The number of nitrogens with zero attached hydrogens (tertiary/aromatic N) is 1. The second-order valence-corrected chi connectivity index (χ2v) is 8.72. The summed E-state index contributed by atoms with van der Waals surface area (Å²) in [6.45, 7) is 1.79. The number of hydrogen-bond acceptors (Lipinski definition) is 5. The molecule has 1 heterocycles. The molecular weight excluding hydrogens is 427 g/mol. The summed E-state index contributed by atoms with van der Waals surface area (Å²) in [5, 5.41) is 2.99. The van der Waals surface area contributed by atoms with E-state index >= 15 is 0 Å². The zero-order valence-electron chi connectivity index (χ0n) is 14.9. The summed E-state index contributed by atoms with van der Waals surface area (Å²) >= 11 is 11.9. The van der Waals surface area contributed by atoms with E-state index in [9.17, 15) is 13.2 Å². The van der Waals surface area contributed by atoms with E-state index in [1.807, 2.05) is 0 Å². The van der Waals surface area contributed by atoms with E-state index in [2.05, 4.69) is 5.32 Å². The second-order valence-electron chi connectivity index (χ2n) is 5.97. The molecule has 0 atom stereocenters. The van der Waals surface area contributed by atoms with Crippen LogP contribution in [0.3, 0.4) is 0 Å². The third-order valence-electron chi connectivity index (χ3n) is 4.11. The molecule has 2 aromatic rings. The van der Waals surface area contributed by atoms with Crippen LogP contribution in [0.2, 0.25) is 10.0 Å². The Bertz CT molecular complexity index is 997. The van der Waals surface area contributed by atoms with Crippen LogP contribution in [-0.4, -0.2) is 38.5 Å². The molecule has 7 nitrogen and oxygen atoms in total.